The number of benzene rings is 1. The molecule has 21 heavy (non-hydrogen) atoms. The smallest absolute Gasteiger partial charge is 0.344 e. The molecule has 0 bridgehead atoms. The van der Waals surface area contributed by atoms with E-state index in [0.717, 1.165) is 6.42 Å². The second-order valence-electron chi connectivity index (χ2n) is 4.29. The molecule has 1 aromatic rings. The van der Waals surface area contributed by atoms with Crippen molar-refractivity contribution in [2.75, 3.05) is 33.5 Å². The fourth-order valence-electron chi connectivity index (χ4n) is 1.49. The third-order valence-corrected chi connectivity index (χ3v) is 2.68. The summed E-state index contributed by atoms with van der Waals surface area (Å²) in [6, 6.07) is 7.46. The summed E-state index contributed by atoms with van der Waals surface area (Å²) in [6.07, 6.45) is 0.945. The molecule has 0 aliphatic rings. The lowest BCUT2D eigenvalue weighted by molar-refractivity contribution is -0.150. The van der Waals surface area contributed by atoms with E-state index in [2.05, 4.69) is 12.2 Å². The molecule has 0 saturated carbocycles. The van der Waals surface area contributed by atoms with E-state index < -0.39 is 5.97 Å². The molecule has 0 saturated heterocycles. The average Bonchev–Trinajstić information content (AvgIpc) is 2.51. The van der Waals surface area contributed by atoms with Crippen LogP contribution in [0.3, 0.4) is 0 Å². The van der Waals surface area contributed by atoms with Crippen molar-refractivity contribution in [1.29, 1.82) is 0 Å². The fraction of sp³-hybridized carbons (Fsp3) is 0.467. The van der Waals surface area contributed by atoms with Crippen LogP contribution in [0.1, 0.15) is 12.5 Å². The van der Waals surface area contributed by atoms with Gasteiger partial charge in [0.2, 0.25) is 0 Å². The molecule has 1 N–H and O–H groups in total. The summed E-state index contributed by atoms with van der Waals surface area (Å²) in [6.45, 7) is 2.31. The van der Waals surface area contributed by atoms with Crippen LogP contribution in [-0.2, 0) is 25.5 Å². The second kappa shape index (κ2) is 9.77. The first-order chi connectivity index (χ1) is 10.2. The number of carbonyl (C=O) groups excluding carboxylic acids is 2. The number of nitrogens with one attached hydrogen (secondary N) is 1. The van der Waals surface area contributed by atoms with Crippen LogP contribution in [0.4, 0.5) is 0 Å². The molecule has 6 heteroatoms. The van der Waals surface area contributed by atoms with Crippen molar-refractivity contribution < 1.29 is 23.8 Å². The first-order valence-corrected chi connectivity index (χ1v) is 6.78. The molecule has 0 unspecified atom stereocenters. The fourth-order valence-corrected chi connectivity index (χ4v) is 1.49. The summed E-state index contributed by atoms with van der Waals surface area (Å²) < 4.78 is 14.8. The Balaban J connectivity index is 2.19. The van der Waals surface area contributed by atoms with Gasteiger partial charge >= 0.3 is 5.97 Å². The van der Waals surface area contributed by atoms with Gasteiger partial charge in [0.05, 0.1) is 6.61 Å². The zero-order chi connectivity index (χ0) is 15.5. The van der Waals surface area contributed by atoms with Gasteiger partial charge in [0.15, 0.2) is 13.2 Å². The van der Waals surface area contributed by atoms with Gasteiger partial charge in [-0.3, -0.25) is 4.79 Å². The van der Waals surface area contributed by atoms with E-state index in [1.54, 1.807) is 12.1 Å². The summed E-state index contributed by atoms with van der Waals surface area (Å²) in [5.41, 5.74) is 1.19. The zero-order valence-corrected chi connectivity index (χ0v) is 12.4. The Morgan fingerprint density at radius 3 is 2.48 bits per heavy atom. The van der Waals surface area contributed by atoms with Crippen molar-refractivity contribution in [3.63, 3.8) is 0 Å². The van der Waals surface area contributed by atoms with Crippen LogP contribution in [0.25, 0.3) is 0 Å². The van der Waals surface area contributed by atoms with Gasteiger partial charge in [0, 0.05) is 13.7 Å². The van der Waals surface area contributed by atoms with Gasteiger partial charge < -0.3 is 19.5 Å². The van der Waals surface area contributed by atoms with Gasteiger partial charge in [-0.2, -0.15) is 0 Å². The number of amides is 1. The summed E-state index contributed by atoms with van der Waals surface area (Å²) in [5, 5.41) is 2.54. The van der Waals surface area contributed by atoms with Gasteiger partial charge in [-0.15, -0.1) is 0 Å². The van der Waals surface area contributed by atoms with E-state index in [1.165, 1.54) is 12.7 Å². The van der Waals surface area contributed by atoms with Crippen LogP contribution >= 0.6 is 0 Å². The second-order valence-corrected chi connectivity index (χ2v) is 4.29. The summed E-state index contributed by atoms with van der Waals surface area (Å²) in [5.74, 6) is -0.363. The predicted molar refractivity (Wildman–Crippen MR) is 77.2 cm³/mol. The normalized spacial score (nSPS) is 10.0. The quantitative estimate of drug-likeness (QED) is 0.542. The molecule has 0 aliphatic carbocycles. The van der Waals surface area contributed by atoms with Gasteiger partial charge in [-0.25, -0.2) is 4.79 Å². The van der Waals surface area contributed by atoms with Crippen molar-refractivity contribution >= 4 is 11.9 Å². The number of hydrogen-bond acceptors (Lipinski definition) is 5. The Hall–Kier alpha value is -2.08. The van der Waals surface area contributed by atoms with Crippen molar-refractivity contribution in [3.05, 3.63) is 29.8 Å². The molecule has 0 radical (unpaired) electrons. The monoisotopic (exact) mass is 295 g/mol. The SMILES string of the molecule is CCc1ccc(OCC(=O)OCC(=O)NCCOC)cc1. The number of aryl methyl sites for hydroxylation is 1. The highest BCUT2D eigenvalue weighted by atomic mass is 16.6. The van der Waals surface area contributed by atoms with E-state index >= 15 is 0 Å². The van der Waals surface area contributed by atoms with Crippen molar-refractivity contribution in [1.82, 2.24) is 5.32 Å². The van der Waals surface area contributed by atoms with Gasteiger partial charge in [-0.05, 0) is 24.1 Å². The number of ether oxygens (including phenoxy) is 3. The molecule has 0 heterocycles. The van der Waals surface area contributed by atoms with Crippen LogP contribution < -0.4 is 10.1 Å². The molecule has 1 amide bonds. The summed E-state index contributed by atoms with van der Waals surface area (Å²) >= 11 is 0. The first kappa shape index (κ1) is 17.0. The maximum Gasteiger partial charge on any atom is 0.344 e. The molecule has 0 atom stereocenters. The molecular weight excluding hydrogens is 274 g/mol. The van der Waals surface area contributed by atoms with E-state index in [4.69, 9.17) is 14.2 Å². The van der Waals surface area contributed by atoms with E-state index in [9.17, 15) is 9.59 Å². The summed E-state index contributed by atoms with van der Waals surface area (Å²) in [7, 11) is 1.54. The standard InChI is InChI=1S/C15H21NO5/c1-3-12-4-6-13(7-5-12)20-11-15(18)21-10-14(17)16-8-9-19-2/h4-7H,3,8-11H2,1-2H3,(H,16,17). The minimum atomic E-state index is -0.587. The van der Waals surface area contributed by atoms with Crippen molar-refractivity contribution in [2.24, 2.45) is 0 Å². The molecule has 0 aliphatic heterocycles. The number of hydrogen-bond donors (Lipinski definition) is 1. The number of carbonyl (C=O) groups is 2. The maximum absolute atomic E-state index is 11.4. The Kier molecular flexibility index (Phi) is 7.89. The number of esters is 1. The van der Waals surface area contributed by atoms with E-state index in [-0.39, 0.29) is 19.1 Å². The van der Waals surface area contributed by atoms with Crippen LogP contribution in [0.15, 0.2) is 24.3 Å². The molecule has 116 valence electrons. The predicted octanol–water partition coefficient (Wildman–Crippen LogP) is 0.934. The zero-order valence-electron chi connectivity index (χ0n) is 12.4. The molecule has 1 rings (SSSR count). The van der Waals surface area contributed by atoms with Crippen molar-refractivity contribution in [3.8, 4) is 5.75 Å². The van der Waals surface area contributed by atoms with Gasteiger partial charge in [0.25, 0.3) is 5.91 Å². The third kappa shape index (κ3) is 7.31. The molecule has 0 spiro atoms. The minimum Gasteiger partial charge on any atom is -0.482 e. The first-order valence-electron chi connectivity index (χ1n) is 6.78. The third-order valence-electron chi connectivity index (χ3n) is 2.68. The highest BCUT2D eigenvalue weighted by molar-refractivity contribution is 5.80. The molecular formula is C15H21NO5. The topological polar surface area (TPSA) is 73.9 Å². The number of methoxy groups -OCH3 is 1. The minimum absolute atomic E-state index is 0.225. The van der Waals surface area contributed by atoms with Crippen LogP contribution in [-0.4, -0.2) is 45.4 Å². The average molecular weight is 295 g/mol. The highest BCUT2D eigenvalue weighted by Gasteiger charge is 2.08. The molecule has 1 aromatic carbocycles. The lowest BCUT2D eigenvalue weighted by atomic mass is 10.2. The summed E-state index contributed by atoms with van der Waals surface area (Å²) in [4.78, 5) is 22.7. The highest BCUT2D eigenvalue weighted by Crippen LogP contribution is 2.12. The molecule has 6 nitrogen and oxygen atoms in total. The Bertz CT molecular complexity index is 444. The number of rotatable bonds is 9. The lowest BCUT2D eigenvalue weighted by Gasteiger charge is -2.08. The van der Waals surface area contributed by atoms with E-state index in [0.29, 0.717) is 18.9 Å². The van der Waals surface area contributed by atoms with E-state index in [1.807, 2.05) is 12.1 Å². The molecule has 0 fully saturated rings. The van der Waals surface area contributed by atoms with Gasteiger partial charge in [-0.1, -0.05) is 19.1 Å². The van der Waals surface area contributed by atoms with Crippen molar-refractivity contribution in [2.45, 2.75) is 13.3 Å². The van der Waals surface area contributed by atoms with Gasteiger partial charge in [0.1, 0.15) is 5.75 Å². The van der Waals surface area contributed by atoms with Crippen LogP contribution in [0.2, 0.25) is 0 Å². The van der Waals surface area contributed by atoms with Crippen LogP contribution in [0.5, 0.6) is 5.75 Å². The van der Waals surface area contributed by atoms with Crippen LogP contribution in [0, 0.1) is 0 Å². The maximum atomic E-state index is 11.4. The largest absolute Gasteiger partial charge is 0.482 e. The Labute approximate surface area is 124 Å². The Morgan fingerprint density at radius 1 is 1.14 bits per heavy atom. The molecule has 0 aromatic heterocycles. The Morgan fingerprint density at radius 2 is 1.86 bits per heavy atom. The lowest BCUT2D eigenvalue weighted by Crippen LogP contribution is -2.32.